The third-order valence-electron chi connectivity index (χ3n) is 4.11. The fraction of sp³-hybridized carbons (Fsp3) is 0.0476. The summed E-state index contributed by atoms with van der Waals surface area (Å²) in [7, 11) is 0. The third kappa shape index (κ3) is 3.02. The van der Waals surface area contributed by atoms with Crippen LogP contribution in [0.2, 0.25) is 0 Å². The van der Waals surface area contributed by atoms with Crippen molar-refractivity contribution in [3.8, 4) is 5.75 Å². The number of amides is 1. The van der Waals surface area contributed by atoms with Crippen molar-refractivity contribution in [2.24, 2.45) is 0 Å². The summed E-state index contributed by atoms with van der Waals surface area (Å²) in [6.07, 6.45) is 1.59. The van der Waals surface area contributed by atoms with Crippen molar-refractivity contribution < 1.29 is 9.90 Å². The highest BCUT2D eigenvalue weighted by Gasteiger charge is 2.16. The van der Waals surface area contributed by atoms with Crippen LogP contribution in [0.25, 0.3) is 21.7 Å². The average molecular weight is 409 g/mol. The molecule has 0 saturated heterocycles. The van der Waals surface area contributed by atoms with Crippen LogP contribution >= 0.6 is 15.9 Å². The van der Waals surface area contributed by atoms with Gasteiger partial charge in [-0.25, -0.2) is 0 Å². The zero-order valence-corrected chi connectivity index (χ0v) is 14.6. The van der Waals surface area contributed by atoms with E-state index in [-0.39, 0.29) is 24.6 Å². The first-order valence-electron chi connectivity index (χ1n) is 7.70. The van der Waals surface area contributed by atoms with Crippen LogP contribution in [0.5, 0.6) is 5.75 Å². The molecule has 0 aliphatic carbocycles. The van der Waals surface area contributed by atoms with Crippen LogP contribution in [0.1, 0.15) is 17.8 Å². The van der Waals surface area contributed by atoms with Gasteiger partial charge in [0.25, 0.3) is 5.91 Å². The number of aromatic nitrogens is 1. The van der Waals surface area contributed by atoms with Gasteiger partial charge in [-0.1, -0.05) is 59.8 Å². The van der Waals surface area contributed by atoms with E-state index in [1.54, 1.807) is 24.4 Å². The van der Waals surface area contributed by atoms with Crippen LogP contribution < -0.4 is 5.32 Å². The van der Waals surface area contributed by atoms with Crippen molar-refractivity contribution in [1.82, 2.24) is 4.98 Å². The zero-order valence-electron chi connectivity index (χ0n) is 13.0. The molecule has 5 heteroatoms. The summed E-state index contributed by atoms with van der Waals surface area (Å²) in [6.45, 7) is 0. The number of nitrogens with zero attached hydrogens (tertiary/aromatic N) is 1. The summed E-state index contributed by atoms with van der Waals surface area (Å²) < 4.78 is 0.957. The number of carbonyl (C=O) groups excluding carboxylic acids is 1. The molecule has 130 valence electrons. The van der Waals surface area contributed by atoms with E-state index in [0.717, 1.165) is 20.6 Å². The highest BCUT2D eigenvalue weighted by Crippen LogP contribution is 2.32. The number of phenols is 1. The molecule has 2 N–H and O–H groups in total. The Morgan fingerprint density at radius 3 is 2.54 bits per heavy atom. The standard InChI is InChI=1S/C20H13BrN2O2.CH4/c21-16-9-10-17(14-6-2-1-5-13(14)16)23-20(25)15-8-7-12-4-3-11-22-18(12)19(15)24;/h1-11,24H,(H,23,25);1H4. The van der Waals surface area contributed by atoms with E-state index in [1.807, 2.05) is 42.5 Å². The molecule has 0 radical (unpaired) electrons. The number of nitrogens with one attached hydrogen (secondary N) is 1. The number of halogens is 1. The smallest absolute Gasteiger partial charge is 0.259 e. The van der Waals surface area contributed by atoms with Crippen LogP contribution in [0.3, 0.4) is 0 Å². The van der Waals surface area contributed by atoms with Gasteiger partial charge in [0.1, 0.15) is 5.52 Å². The summed E-state index contributed by atoms with van der Waals surface area (Å²) in [6, 6.07) is 18.5. The molecule has 0 fully saturated rings. The topological polar surface area (TPSA) is 62.2 Å². The third-order valence-corrected chi connectivity index (χ3v) is 4.80. The van der Waals surface area contributed by atoms with Gasteiger partial charge in [-0.2, -0.15) is 0 Å². The van der Waals surface area contributed by atoms with Crippen molar-refractivity contribution in [1.29, 1.82) is 0 Å². The van der Waals surface area contributed by atoms with Gasteiger partial charge < -0.3 is 10.4 Å². The maximum atomic E-state index is 12.7. The van der Waals surface area contributed by atoms with Crippen LogP contribution in [-0.2, 0) is 0 Å². The number of rotatable bonds is 2. The summed E-state index contributed by atoms with van der Waals surface area (Å²) >= 11 is 3.52. The predicted molar refractivity (Wildman–Crippen MR) is 110 cm³/mol. The molecule has 1 heterocycles. The van der Waals surface area contributed by atoms with E-state index in [0.29, 0.717) is 11.2 Å². The van der Waals surface area contributed by atoms with Gasteiger partial charge in [-0.05, 0) is 29.7 Å². The number of pyridine rings is 1. The molecule has 1 amide bonds. The average Bonchev–Trinajstić information content (AvgIpc) is 2.65. The second-order valence-corrected chi connectivity index (χ2v) is 6.49. The van der Waals surface area contributed by atoms with Gasteiger partial charge in [-0.15, -0.1) is 0 Å². The molecule has 0 bridgehead atoms. The minimum atomic E-state index is -0.377. The van der Waals surface area contributed by atoms with Gasteiger partial charge >= 0.3 is 0 Å². The minimum absolute atomic E-state index is 0. The van der Waals surface area contributed by atoms with E-state index in [4.69, 9.17) is 0 Å². The Morgan fingerprint density at radius 2 is 1.73 bits per heavy atom. The second-order valence-electron chi connectivity index (χ2n) is 5.63. The van der Waals surface area contributed by atoms with Crippen molar-refractivity contribution in [2.45, 2.75) is 7.43 Å². The molecule has 4 aromatic rings. The number of phenolic OH excluding ortho intramolecular Hbond substituents is 1. The molecular weight excluding hydrogens is 392 g/mol. The summed E-state index contributed by atoms with van der Waals surface area (Å²) in [5, 5.41) is 16.0. The van der Waals surface area contributed by atoms with Gasteiger partial charge in [0.15, 0.2) is 5.75 Å². The molecule has 0 aliphatic heterocycles. The first-order valence-corrected chi connectivity index (χ1v) is 8.50. The molecule has 3 aromatic carbocycles. The normalized spacial score (nSPS) is 10.5. The monoisotopic (exact) mass is 408 g/mol. The lowest BCUT2D eigenvalue weighted by molar-refractivity contribution is 0.102. The molecular formula is C21H17BrN2O2. The Labute approximate surface area is 159 Å². The zero-order chi connectivity index (χ0) is 17.4. The molecule has 26 heavy (non-hydrogen) atoms. The maximum Gasteiger partial charge on any atom is 0.259 e. The number of fused-ring (bicyclic) bond motifs is 2. The van der Waals surface area contributed by atoms with E-state index < -0.39 is 0 Å². The Balaban J connectivity index is 0.00000196. The van der Waals surface area contributed by atoms with Crippen LogP contribution in [-0.4, -0.2) is 16.0 Å². The summed E-state index contributed by atoms with van der Waals surface area (Å²) in [4.78, 5) is 16.9. The molecule has 0 spiro atoms. The fourth-order valence-electron chi connectivity index (χ4n) is 2.87. The molecule has 4 rings (SSSR count). The predicted octanol–water partition coefficient (Wildman–Crippen LogP) is 5.74. The lowest BCUT2D eigenvalue weighted by Gasteiger charge is -2.11. The molecule has 0 aliphatic rings. The first-order chi connectivity index (χ1) is 12.1. The SMILES string of the molecule is C.O=C(Nc1ccc(Br)c2ccccc12)c1ccc2cccnc2c1O. The number of benzene rings is 3. The summed E-state index contributed by atoms with van der Waals surface area (Å²) in [5.74, 6) is -0.491. The van der Waals surface area contributed by atoms with E-state index in [9.17, 15) is 9.90 Å². The molecule has 1 aromatic heterocycles. The Kier molecular flexibility index (Phi) is 4.91. The Morgan fingerprint density at radius 1 is 0.962 bits per heavy atom. The Hall–Kier alpha value is -2.92. The minimum Gasteiger partial charge on any atom is -0.505 e. The van der Waals surface area contributed by atoms with Crippen LogP contribution in [0.15, 0.2) is 71.3 Å². The van der Waals surface area contributed by atoms with Gasteiger partial charge in [0.05, 0.1) is 5.56 Å². The van der Waals surface area contributed by atoms with E-state index >= 15 is 0 Å². The molecule has 0 atom stereocenters. The molecule has 0 unspecified atom stereocenters. The largest absolute Gasteiger partial charge is 0.505 e. The van der Waals surface area contributed by atoms with Crippen molar-refractivity contribution in [3.05, 3.63) is 76.9 Å². The first kappa shape index (κ1) is 17.9. The second kappa shape index (κ2) is 7.14. The quantitative estimate of drug-likeness (QED) is 0.444. The molecule has 4 nitrogen and oxygen atoms in total. The maximum absolute atomic E-state index is 12.7. The Bertz CT molecular complexity index is 1130. The van der Waals surface area contributed by atoms with Crippen LogP contribution in [0.4, 0.5) is 5.69 Å². The van der Waals surface area contributed by atoms with Crippen molar-refractivity contribution >= 4 is 49.2 Å². The number of anilines is 1. The lowest BCUT2D eigenvalue weighted by atomic mass is 10.1. The summed E-state index contributed by atoms with van der Waals surface area (Å²) in [5.41, 5.74) is 1.29. The highest BCUT2D eigenvalue weighted by molar-refractivity contribution is 9.10. The molecule has 0 saturated carbocycles. The van der Waals surface area contributed by atoms with Crippen LogP contribution in [0, 0.1) is 0 Å². The van der Waals surface area contributed by atoms with Crippen molar-refractivity contribution in [3.63, 3.8) is 0 Å². The number of hydrogen-bond donors (Lipinski definition) is 2. The van der Waals surface area contributed by atoms with E-state index in [1.165, 1.54) is 0 Å². The van der Waals surface area contributed by atoms with Gasteiger partial charge in [0, 0.05) is 27.1 Å². The lowest BCUT2D eigenvalue weighted by Crippen LogP contribution is -2.12. The van der Waals surface area contributed by atoms with Gasteiger partial charge in [0.2, 0.25) is 0 Å². The highest BCUT2D eigenvalue weighted by atomic mass is 79.9. The van der Waals surface area contributed by atoms with E-state index in [2.05, 4.69) is 26.2 Å². The van der Waals surface area contributed by atoms with Gasteiger partial charge in [-0.3, -0.25) is 9.78 Å². The number of carbonyl (C=O) groups is 1. The fourth-order valence-corrected chi connectivity index (χ4v) is 3.35. The van der Waals surface area contributed by atoms with Crippen molar-refractivity contribution in [2.75, 3.05) is 5.32 Å². The number of aromatic hydroxyl groups is 1. The number of hydrogen-bond acceptors (Lipinski definition) is 3.